The summed E-state index contributed by atoms with van der Waals surface area (Å²) in [4.78, 5) is 23.9. The van der Waals surface area contributed by atoms with Crippen molar-refractivity contribution in [1.82, 2.24) is 5.32 Å². The van der Waals surface area contributed by atoms with Crippen molar-refractivity contribution in [2.45, 2.75) is 19.7 Å². The first-order valence-electron chi connectivity index (χ1n) is 7.75. The van der Waals surface area contributed by atoms with Gasteiger partial charge in [-0.15, -0.1) is 13.2 Å². The highest BCUT2D eigenvalue weighted by Gasteiger charge is 2.32. The second-order valence-electron chi connectivity index (χ2n) is 5.41. The lowest BCUT2D eigenvalue weighted by Gasteiger charge is -2.14. The van der Waals surface area contributed by atoms with Crippen LogP contribution in [0.15, 0.2) is 48.5 Å². The predicted molar refractivity (Wildman–Crippen MR) is 89.9 cm³/mol. The molecule has 0 radical (unpaired) electrons. The fourth-order valence-corrected chi connectivity index (χ4v) is 2.21. The number of para-hydroxylation sites is 2. The topological polar surface area (TPSA) is 67.4 Å². The van der Waals surface area contributed by atoms with Crippen LogP contribution in [-0.2, 0) is 4.79 Å². The number of rotatable bonds is 6. The number of halogens is 3. The molecule has 2 aromatic rings. The maximum atomic E-state index is 12.4. The van der Waals surface area contributed by atoms with Crippen molar-refractivity contribution >= 4 is 17.5 Å². The monoisotopic (exact) mass is 366 g/mol. The highest BCUT2D eigenvalue weighted by atomic mass is 19.4. The molecule has 0 atom stereocenters. The van der Waals surface area contributed by atoms with E-state index in [0.29, 0.717) is 5.56 Å². The summed E-state index contributed by atoms with van der Waals surface area (Å²) in [7, 11) is 0. The van der Waals surface area contributed by atoms with E-state index in [0.717, 1.165) is 11.6 Å². The number of carbonyl (C=O) groups is 2. The number of benzene rings is 2. The van der Waals surface area contributed by atoms with E-state index >= 15 is 0 Å². The number of aryl methyl sites for hydroxylation is 1. The highest BCUT2D eigenvalue weighted by molar-refractivity contribution is 5.96. The molecule has 0 aliphatic carbocycles. The van der Waals surface area contributed by atoms with Crippen LogP contribution in [0.4, 0.5) is 18.9 Å². The van der Waals surface area contributed by atoms with E-state index in [9.17, 15) is 22.8 Å². The van der Waals surface area contributed by atoms with Crippen LogP contribution < -0.4 is 15.4 Å². The summed E-state index contributed by atoms with van der Waals surface area (Å²) < 4.78 is 40.9. The highest BCUT2D eigenvalue weighted by Crippen LogP contribution is 2.29. The number of carbonyl (C=O) groups excluding carboxylic acids is 2. The second kappa shape index (κ2) is 8.37. The number of nitrogens with one attached hydrogen (secondary N) is 2. The van der Waals surface area contributed by atoms with Crippen molar-refractivity contribution in [1.29, 1.82) is 0 Å². The minimum atomic E-state index is -4.86. The van der Waals surface area contributed by atoms with E-state index in [2.05, 4.69) is 15.4 Å². The molecule has 2 rings (SSSR count). The van der Waals surface area contributed by atoms with Crippen molar-refractivity contribution in [3.63, 3.8) is 0 Å². The fourth-order valence-electron chi connectivity index (χ4n) is 2.21. The number of alkyl halides is 3. The second-order valence-corrected chi connectivity index (χ2v) is 5.41. The van der Waals surface area contributed by atoms with Gasteiger partial charge >= 0.3 is 6.36 Å². The smallest absolute Gasteiger partial charge is 0.404 e. The van der Waals surface area contributed by atoms with Gasteiger partial charge in [0.1, 0.15) is 0 Å². The molecular formula is C18H17F3N2O3. The first-order valence-corrected chi connectivity index (χ1v) is 7.75. The molecule has 0 unspecified atom stereocenters. The summed E-state index contributed by atoms with van der Waals surface area (Å²) in [5, 5.41) is 4.94. The van der Waals surface area contributed by atoms with Gasteiger partial charge in [-0.3, -0.25) is 9.59 Å². The zero-order valence-electron chi connectivity index (χ0n) is 13.9. The molecule has 0 bridgehead atoms. The molecule has 2 N–H and O–H groups in total. The van der Waals surface area contributed by atoms with Crippen LogP contribution in [0, 0.1) is 6.92 Å². The summed E-state index contributed by atoms with van der Waals surface area (Å²) in [5.41, 5.74) is 1.20. The van der Waals surface area contributed by atoms with E-state index in [-0.39, 0.29) is 24.6 Å². The third-order valence-corrected chi connectivity index (χ3v) is 3.41. The quantitative estimate of drug-likeness (QED) is 0.820. The van der Waals surface area contributed by atoms with Gasteiger partial charge in [0.25, 0.3) is 5.91 Å². The lowest BCUT2D eigenvalue weighted by molar-refractivity contribution is -0.274. The molecule has 26 heavy (non-hydrogen) atoms. The predicted octanol–water partition coefficient (Wildman–Crippen LogP) is 3.65. The largest absolute Gasteiger partial charge is 0.573 e. The van der Waals surface area contributed by atoms with Gasteiger partial charge in [-0.1, -0.05) is 30.3 Å². The summed E-state index contributed by atoms with van der Waals surface area (Å²) in [6, 6.07) is 12.2. The average molecular weight is 366 g/mol. The van der Waals surface area contributed by atoms with E-state index < -0.39 is 18.0 Å². The standard InChI is InChI=1S/C18H17F3N2O3/c1-12-6-2-3-7-13(12)17(25)22-11-10-16(24)23-14-8-4-5-9-15(14)26-18(19,20)21/h2-9H,10-11H2,1H3,(H,22,25)(H,23,24). The minimum absolute atomic E-state index is 0.0430. The molecule has 0 saturated carbocycles. The van der Waals surface area contributed by atoms with E-state index in [4.69, 9.17) is 0 Å². The van der Waals surface area contributed by atoms with E-state index in [1.165, 1.54) is 18.2 Å². The number of ether oxygens (including phenoxy) is 1. The third-order valence-electron chi connectivity index (χ3n) is 3.41. The minimum Gasteiger partial charge on any atom is -0.404 e. The molecule has 0 spiro atoms. The van der Waals surface area contributed by atoms with Crippen LogP contribution in [0.2, 0.25) is 0 Å². The summed E-state index contributed by atoms with van der Waals surface area (Å²) in [5.74, 6) is -1.37. The number of hydrogen-bond donors (Lipinski definition) is 2. The number of anilines is 1. The maximum Gasteiger partial charge on any atom is 0.573 e. The molecule has 0 heterocycles. The third kappa shape index (κ3) is 5.80. The molecule has 0 aliphatic heterocycles. The van der Waals surface area contributed by atoms with Gasteiger partial charge in [0, 0.05) is 18.5 Å². The molecule has 0 aromatic heterocycles. The first-order chi connectivity index (χ1) is 12.3. The lowest BCUT2D eigenvalue weighted by Crippen LogP contribution is -2.28. The molecule has 2 amide bonds. The molecule has 0 fully saturated rings. The molecular weight excluding hydrogens is 349 g/mol. The van der Waals surface area contributed by atoms with Crippen LogP contribution in [-0.4, -0.2) is 24.7 Å². The molecule has 2 aromatic carbocycles. The van der Waals surface area contributed by atoms with Crippen molar-refractivity contribution in [2.75, 3.05) is 11.9 Å². The van der Waals surface area contributed by atoms with Gasteiger partial charge in [-0.2, -0.15) is 0 Å². The summed E-state index contributed by atoms with van der Waals surface area (Å²) in [6.07, 6.45) is -4.96. The van der Waals surface area contributed by atoms with Crippen molar-refractivity contribution in [3.8, 4) is 5.75 Å². The van der Waals surface area contributed by atoms with E-state index in [1.807, 2.05) is 0 Å². The van der Waals surface area contributed by atoms with Gasteiger partial charge < -0.3 is 15.4 Å². The fraction of sp³-hybridized carbons (Fsp3) is 0.222. The Labute approximate surface area is 148 Å². The zero-order chi connectivity index (χ0) is 19.2. The Morgan fingerprint density at radius 2 is 1.69 bits per heavy atom. The Bertz CT molecular complexity index is 791. The van der Waals surface area contributed by atoms with E-state index in [1.54, 1.807) is 31.2 Å². The number of amides is 2. The molecule has 5 nitrogen and oxygen atoms in total. The van der Waals surface area contributed by atoms with Crippen LogP contribution >= 0.6 is 0 Å². The van der Waals surface area contributed by atoms with Gasteiger partial charge in [0.05, 0.1) is 5.69 Å². The Morgan fingerprint density at radius 3 is 2.38 bits per heavy atom. The van der Waals surface area contributed by atoms with Gasteiger partial charge in [-0.05, 0) is 30.7 Å². The first kappa shape index (κ1) is 19.3. The average Bonchev–Trinajstić information content (AvgIpc) is 2.55. The Morgan fingerprint density at radius 1 is 1.04 bits per heavy atom. The maximum absolute atomic E-state index is 12.4. The SMILES string of the molecule is Cc1ccccc1C(=O)NCCC(=O)Nc1ccccc1OC(F)(F)F. The van der Waals surface area contributed by atoms with Gasteiger partial charge in [0.2, 0.25) is 5.91 Å². The van der Waals surface area contributed by atoms with Crippen LogP contribution in [0.5, 0.6) is 5.75 Å². The number of hydrogen-bond acceptors (Lipinski definition) is 3. The summed E-state index contributed by atoms with van der Waals surface area (Å²) >= 11 is 0. The van der Waals surface area contributed by atoms with Crippen LogP contribution in [0.1, 0.15) is 22.3 Å². The Hall–Kier alpha value is -3.03. The summed E-state index contributed by atoms with van der Waals surface area (Å²) in [6.45, 7) is 1.83. The van der Waals surface area contributed by atoms with Crippen molar-refractivity contribution in [3.05, 3.63) is 59.7 Å². The van der Waals surface area contributed by atoms with Crippen LogP contribution in [0.25, 0.3) is 0 Å². The van der Waals surface area contributed by atoms with Crippen molar-refractivity contribution < 1.29 is 27.5 Å². The molecule has 8 heteroatoms. The Balaban J connectivity index is 1.88. The van der Waals surface area contributed by atoms with Gasteiger partial charge in [0.15, 0.2) is 5.75 Å². The zero-order valence-corrected chi connectivity index (χ0v) is 13.9. The van der Waals surface area contributed by atoms with Crippen LogP contribution in [0.3, 0.4) is 0 Å². The molecule has 0 aliphatic rings. The normalized spacial score (nSPS) is 10.9. The molecule has 0 saturated heterocycles. The molecule has 138 valence electrons. The Kier molecular flexibility index (Phi) is 6.21. The van der Waals surface area contributed by atoms with Gasteiger partial charge in [-0.25, -0.2) is 0 Å². The lowest BCUT2D eigenvalue weighted by atomic mass is 10.1. The van der Waals surface area contributed by atoms with Crippen molar-refractivity contribution in [2.24, 2.45) is 0 Å².